The second-order valence-corrected chi connectivity index (χ2v) is 5.38. The molecule has 1 aliphatic rings. The second-order valence-electron chi connectivity index (χ2n) is 5.38. The largest absolute Gasteiger partial charge is 0.416 e. The number of rotatable bonds is 5. The van der Waals surface area contributed by atoms with E-state index in [1.807, 2.05) is 0 Å². The Hall–Kier alpha value is -1.07. The molecule has 0 heterocycles. The molecule has 20 heavy (non-hydrogen) atoms. The van der Waals surface area contributed by atoms with Gasteiger partial charge in [-0.2, -0.15) is 13.2 Å². The van der Waals surface area contributed by atoms with Crippen LogP contribution < -0.4 is 5.73 Å². The molecule has 0 radical (unpaired) electrons. The number of alkyl halides is 3. The Morgan fingerprint density at radius 3 is 2.50 bits per heavy atom. The summed E-state index contributed by atoms with van der Waals surface area (Å²) in [5, 5.41) is 0. The normalized spacial score (nSPS) is 18.4. The zero-order chi connectivity index (χ0) is 14.6. The van der Waals surface area contributed by atoms with E-state index in [1.165, 1.54) is 25.0 Å². The topological polar surface area (TPSA) is 35.2 Å². The van der Waals surface area contributed by atoms with Crippen molar-refractivity contribution < 1.29 is 17.9 Å². The molecule has 0 aliphatic heterocycles. The van der Waals surface area contributed by atoms with Gasteiger partial charge in [-0.1, -0.05) is 31.0 Å². The summed E-state index contributed by atoms with van der Waals surface area (Å²) in [6.45, 7) is 0.728. The smallest absolute Gasteiger partial charge is 0.379 e. The second kappa shape index (κ2) is 6.59. The van der Waals surface area contributed by atoms with Crippen molar-refractivity contribution >= 4 is 0 Å². The highest BCUT2D eigenvalue weighted by Gasteiger charge is 2.34. The van der Waals surface area contributed by atoms with Crippen LogP contribution >= 0.6 is 0 Å². The van der Waals surface area contributed by atoms with Gasteiger partial charge in [-0.05, 0) is 30.4 Å². The van der Waals surface area contributed by atoms with Crippen molar-refractivity contribution in [2.75, 3.05) is 13.2 Å². The molecule has 2 rings (SSSR count). The van der Waals surface area contributed by atoms with Crippen LogP contribution in [0.2, 0.25) is 0 Å². The quantitative estimate of drug-likeness (QED) is 0.891. The average molecular weight is 287 g/mol. The van der Waals surface area contributed by atoms with Crippen LogP contribution in [-0.4, -0.2) is 13.2 Å². The van der Waals surface area contributed by atoms with Gasteiger partial charge in [0.2, 0.25) is 0 Å². The zero-order valence-corrected chi connectivity index (χ0v) is 11.3. The Kier molecular flexibility index (Phi) is 5.05. The van der Waals surface area contributed by atoms with E-state index in [0.29, 0.717) is 12.5 Å². The van der Waals surface area contributed by atoms with Crippen molar-refractivity contribution in [2.45, 2.75) is 37.9 Å². The van der Waals surface area contributed by atoms with Crippen molar-refractivity contribution in [1.82, 2.24) is 0 Å². The Morgan fingerprint density at radius 2 is 1.85 bits per heavy atom. The fourth-order valence-electron chi connectivity index (χ4n) is 2.71. The van der Waals surface area contributed by atoms with E-state index in [9.17, 15) is 13.2 Å². The van der Waals surface area contributed by atoms with Crippen LogP contribution in [0.4, 0.5) is 13.2 Å². The SMILES string of the molecule is NC(COCC1CCCC1)c1ccccc1C(F)(F)F. The Labute approximate surface area is 117 Å². The van der Waals surface area contributed by atoms with Gasteiger partial charge in [0, 0.05) is 6.61 Å². The number of nitrogens with two attached hydrogens (primary N) is 1. The third-order valence-electron chi connectivity index (χ3n) is 3.79. The van der Waals surface area contributed by atoms with E-state index in [1.54, 1.807) is 6.07 Å². The van der Waals surface area contributed by atoms with Crippen molar-refractivity contribution in [2.24, 2.45) is 11.7 Å². The van der Waals surface area contributed by atoms with E-state index in [0.717, 1.165) is 18.9 Å². The standard InChI is InChI=1S/C15H20F3NO/c16-15(17,18)13-8-4-3-7-12(13)14(19)10-20-9-11-5-1-2-6-11/h3-4,7-8,11,14H,1-2,5-6,9-10,19H2. The molecule has 0 aromatic heterocycles. The highest BCUT2D eigenvalue weighted by Crippen LogP contribution is 2.34. The van der Waals surface area contributed by atoms with Gasteiger partial charge in [-0.3, -0.25) is 0 Å². The molecule has 0 amide bonds. The predicted octanol–water partition coefficient (Wildman–Crippen LogP) is 3.91. The first-order valence-electron chi connectivity index (χ1n) is 6.98. The van der Waals surface area contributed by atoms with Crippen LogP contribution in [0.5, 0.6) is 0 Å². The summed E-state index contributed by atoms with van der Waals surface area (Å²) in [5.41, 5.74) is 5.29. The van der Waals surface area contributed by atoms with Crippen molar-refractivity contribution in [1.29, 1.82) is 0 Å². The molecule has 1 aromatic carbocycles. The lowest BCUT2D eigenvalue weighted by atomic mass is 10.0. The fourth-order valence-corrected chi connectivity index (χ4v) is 2.71. The van der Waals surface area contributed by atoms with Crippen molar-refractivity contribution in [3.63, 3.8) is 0 Å². The zero-order valence-electron chi connectivity index (χ0n) is 11.3. The lowest BCUT2D eigenvalue weighted by Crippen LogP contribution is -2.22. The molecular formula is C15H20F3NO. The monoisotopic (exact) mass is 287 g/mol. The Bertz CT molecular complexity index is 427. The first-order chi connectivity index (χ1) is 9.48. The van der Waals surface area contributed by atoms with E-state index < -0.39 is 17.8 Å². The maximum atomic E-state index is 12.9. The van der Waals surface area contributed by atoms with Gasteiger partial charge in [-0.25, -0.2) is 0 Å². The predicted molar refractivity (Wildman–Crippen MR) is 71.1 cm³/mol. The average Bonchev–Trinajstić information content (AvgIpc) is 2.91. The van der Waals surface area contributed by atoms with Crippen LogP contribution in [0.3, 0.4) is 0 Å². The lowest BCUT2D eigenvalue weighted by Gasteiger charge is -2.19. The minimum Gasteiger partial charge on any atom is -0.379 e. The summed E-state index contributed by atoms with van der Waals surface area (Å²) in [4.78, 5) is 0. The molecule has 0 saturated heterocycles. The van der Waals surface area contributed by atoms with Crippen LogP contribution in [0, 0.1) is 5.92 Å². The summed E-state index contributed by atoms with van der Waals surface area (Å²) in [5.74, 6) is 0.542. The Morgan fingerprint density at radius 1 is 1.20 bits per heavy atom. The molecule has 5 heteroatoms. The van der Waals surface area contributed by atoms with Crippen LogP contribution in [-0.2, 0) is 10.9 Å². The van der Waals surface area contributed by atoms with Gasteiger partial charge in [0.25, 0.3) is 0 Å². The van der Waals surface area contributed by atoms with Crippen LogP contribution in [0.15, 0.2) is 24.3 Å². The van der Waals surface area contributed by atoms with Crippen LogP contribution in [0.1, 0.15) is 42.9 Å². The molecule has 1 unspecified atom stereocenters. The van der Waals surface area contributed by atoms with Gasteiger partial charge in [0.1, 0.15) is 0 Å². The van der Waals surface area contributed by atoms with Gasteiger partial charge in [0.05, 0.1) is 18.2 Å². The summed E-state index contributed by atoms with van der Waals surface area (Å²) in [7, 11) is 0. The molecule has 0 spiro atoms. The highest BCUT2D eigenvalue weighted by molar-refractivity contribution is 5.32. The molecule has 1 atom stereocenters. The van der Waals surface area contributed by atoms with E-state index in [2.05, 4.69) is 0 Å². The summed E-state index contributed by atoms with van der Waals surface area (Å²) >= 11 is 0. The fraction of sp³-hybridized carbons (Fsp3) is 0.600. The molecule has 2 N–H and O–H groups in total. The lowest BCUT2D eigenvalue weighted by molar-refractivity contribution is -0.138. The first kappa shape index (κ1) is 15.3. The Balaban J connectivity index is 1.93. The summed E-state index contributed by atoms with van der Waals surface area (Å²) in [6.07, 6.45) is 0.358. The van der Waals surface area contributed by atoms with Gasteiger partial charge >= 0.3 is 6.18 Å². The van der Waals surface area contributed by atoms with Crippen LogP contribution in [0.25, 0.3) is 0 Å². The first-order valence-corrected chi connectivity index (χ1v) is 6.98. The van der Waals surface area contributed by atoms with E-state index in [-0.39, 0.29) is 12.2 Å². The van der Waals surface area contributed by atoms with Gasteiger partial charge in [-0.15, -0.1) is 0 Å². The minimum absolute atomic E-state index is 0.103. The summed E-state index contributed by atoms with van der Waals surface area (Å²) in [6, 6.07) is 4.69. The minimum atomic E-state index is -4.38. The van der Waals surface area contributed by atoms with E-state index >= 15 is 0 Å². The third-order valence-corrected chi connectivity index (χ3v) is 3.79. The number of hydrogen-bond donors (Lipinski definition) is 1. The maximum Gasteiger partial charge on any atom is 0.416 e. The van der Waals surface area contributed by atoms with E-state index in [4.69, 9.17) is 10.5 Å². The number of hydrogen-bond acceptors (Lipinski definition) is 2. The molecule has 2 nitrogen and oxygen atoms in total. The number of halogens is 3. The maximum absolute atomic E-state index is 12.9. The van der Waals surface area contributed by atoms with Crippen molar-refractivity contribution in [3.8, 4) is 0 Å². The van der Waals surface area contributed by atoms with Gasteiger partial charge in [0.15, 0.2) is 0 Å². The molecule has 1 aromatic rings. The third kappa shape index (κ3) is 3.96. The molecular weight excluding hydrogens is 267 g/mol. The summed E-state index contributed by atoms with van der Waals surface area (Å²) < 4.78 is 44.1. The molecule has 1 saturated carbocycles. The molecule has 1 aliphatic carbocycles. The highest BCUT2D eigenvalue weighted by atomic mass is 19.4. The molecule has 112 valence electrons. The van der Waals surface area contributed by atoms with Crippen molar-refractivity contribution in [3.05, 3.63) is 35.4 Å². The number of ether oxygens (including phenoxy) is 1. The number of benzene rings is 1. The molecule has 0 bridgehead atoms. The molecule has 1 fully saturated rings. The van der Waals surface area contributed by atoms with Gasteiger partial charge < -0.3 is 10.5 Å².